The third-order valence-corrected chi connectivity index (χ3v) is 5.57. The van der Waals surface area contributed by atoms with E-state index in [1.165, 1.54) is 11.8 Å². The molecule has 2 aromatic heterocycles. The van der Waals surface area contributed by atoms with E-state index in [0.29, 0.717) is 24.5 Å². The number of hydrogen-bond donors (Lipinski definition) is 1. The van der Waals surface area contributed by atoms with E-state index in [2.05, 4.69) is 15.5 Å². The average molecular weight is 397 g/mol. The van der Waals surface area contributed by atoms with Gasteiger partial charge in [-0.1, -0.05) is 0 Å². The number of aromatic nitrogens is 3. The SMILES string of the molecule is Cn1cnnc1Sc1ccc(NC(=O)C2CC(=O)N(Cc3ccco3)C2)cc1. The van der Waals surface area contributed by atoms with Crippen molar-refractivity contribution >= 4 is 29.3 Å². The molecule has 0 saturated carbocycles. The van der Waals surface area contributed by atoms with E-state index in [1.807, 2.05) is 41.9 Å². The van der Waals surface area contributed by atoms with Gasteiger partial charge in [0.1, 0.15) is 12.1 Å². The van der Waals surface area contributed by atoms with Crippen LogP contribution in [0.4, 0.5) is 5.69 Å². The molecule has 1 saturated heterocycles. The Morgan fingerprint density at radius 3 is 2.82 bits per heavy atom. The van der Waals surface area contributed by atoms with Crippen molar-refractivity contribution in [1.82, 2.24) is 19.7 Å². The number of carbonyl (C=O) groups is 2. The van der Waals surface area contributed by atoms with Gasteiger partial charge in [0.15, 0.2) is 5.16 Å². The molecule has 3 aromatic rings. The van der Waals surface area contributed by atoms with Crippen LogP contribution in [-0.4, -0.2) is 38.0 Å². The van der Waals surface area contributed by atoms with Gasteiger partial charge in [-0.3, -0.25) is 9.59 Å². The normalized spacial score (nSPS) is 16.5. The summed E-state index contributed by atoms with van der Waals surface area (Å²) in [5, 5.41) is 11.6. The van der Waals surface area contributed by atoms with Crippen LogP contribution in [0.25, 0.3) is 0 Å². The molecule has 1 aromatic carbocycles. The lowest BCUT2D eigenvalue weighted by Crippen LogP contribution is -2.27. The lowest BCUT2D eigenvalue weighted by atomic mass is 10.1. The Balaban J connectivity index is 1.33. The highest BCUT2D eigenvalue weighted by molar-refractivity contribution is 7.99. The Bertz CT molecular complexity index is 968. The van der Waals surface area contributed by atoms with E-state index < -0.39 is 0 Å². The molecule has 0 aliphatic carbocycles. The number of likely N-dealkylation sites (tertiary alicyclic amines) is 1. The zero-order valence-corrected chi connectivity index (χ0v) is 16.1. The molecule has 144 valence electrons. The molecular weight excluding hydrogens is 378 g/mol. The largest absolute Gasteiger partial charge is 0.467 e. The summed E-state index contributed by atoms with van der Waals surface area (Å²) in [5.41, 5.74) is 0.698. The second kappa shape index (κ2) is 7.89. The number of aryl methyl sites for hydroxylation is 1. The third-order valence-electron chi connectivity index (χ3n) is 4.51. The molecule has 0 spiro atoms. The van der Waals surface area contributed by atoms with Crippen molar-refractivity contribution in [3.05, 3.63) is 54.7 Å². The number of nitrogens with one attached hydrogen (secondary N) is 1. The molecule has 8 nitrogen and oxygen atoms in total. The second-order valence-electron chi connectivity index (χ2n) is 6.59. The van der Waals surface area contributed by atoms with Gasteiger partial charge in [-0.05, 0) is 48.2 Å². The number of furan rings is 1. The van der Waals surface area contributed by atoms with Crippen LogP contribution in [0.2, 0.25) is 0 Å². The van der Waals surface area contributed by atoms with E-state index in [4.69, 9.17) is 4.42 Å². The standard InChI is InChI=1S/C19H19N5O3S/c1-23-12-20-22-19(23)28-16-6-4-14(5-7-16)21-18(26)13-9-17(25)24(10-13)11-15-3-2-8-27-15/h2-8,12-13H,9-11H2,1H3,(H,21,26). The number of carbonyl (C=O) groups excluding carboxylic acids is 2. The molecule has 1 aliphatic heterocycles. The summed E-state index contributed by atoms with van der Waals surface area (Å²) in [7, 11) is 1.88. The van der Waals surface area contributed by atoms with Crippen LogP contribution in [0, 0.1) is 5.92 Å². The van der Waals surface area contributed by atoms with Crippen LogP contribution in [-0.2, 0) is 23.2 Å². The Labute approximate surface area is 165 Å². The molecule has 1 N–H and O–H groups in total. The Morgan fingerprint density at radius 2 is 2.14 bits per heavy atom. The van der Waals surface area contributed by atoms with Crippen LogP contribution in [0.3, 0.4) is 0 Å². The van der Waals surface area contributed by atoms with E-state index in [0.717, 1.165) is 10.1 Å². The van der Waals surface area contributed by atoms with Crippen molar-refractivity contribution in [2.24, 2.45) is 13.0 Å². The molecule has 3 heterocycles. The molecular formula is C19H19N5O3S. The smallest absolute Gasteiger partial charge is 0.229 e. The minimum absolute atomic E-state index is 0.0352. The number of rotatable bonds is 6. The predicted molar refractivity (Wildman–Crippen MR) is 102 cm³/mol. The molecule has 28 heavy (non-hydrogen) atoms. The maximum atomic E-state index is 12.6. The lowest BCUT2D eigenvalue weighted by Gasteiger charge is -2.15. The third kappa shape index (κ3) is 4.09. The Kier molecular flexibility index (Phi) is 5.16. The monoisotopic (exact) mass is 397 g/mol. The van der Waals surface area contributed by atoms with Crippen molar-refractivity contribution in [3.63, 3.8) is 0 Å². The fraction of sp³-hybridized carbons (Fsp3) is 0.263. The molecule has 0 bridgehead atoms. The van der Waals surface area contributed by atoms with Gasteiger partial charge in [-0.2, -0.15) is 0 Å². The Morgan fingerprint density at radius 1 is 1.32 bits per heavy atom. The quantitative estimate of drug-likeness (QED) is 0.687. The highest BCUT2D eigenvalue weighted by Crippen LogP contribution is 2.27. The van der Waals surface area contributed by atoms with E-state index >= 15 is 0 Å². The van der Waals surface area contributed by atoms with Crippen LogP contribution in [0.15, 0.2) is 63.5 Å². The van der Waals surface area contributed by atoms with Gasteiger partial charge in [0.25, 0.3) is 0 Å². The molecule has 1 unspecified atom stereocenters. The summed E-state index contributed by atoms with van der Waals surface area (Å²) in [4.78, 5) is 27.4. The topological polar surface area (TPSA) is 93.3 Å². The number of nitrogens with zero attached hydrogens (tertiary/aromatic N) is 4. The zero-order chi connectivity index (χ0) is 19.5. The molecule has 1 fully saturated rings. The maximum absolute atomic E-state index is 12.6. The van der Waals surface area contributed by atoms with Crippen molar-refractivity contribution in [2.45, 2.75) is 23.0 Å². The first-order valence-electron chi connectivity index (χ1n) is 8.81. The minimum atomic E-state index is -0.366. The zero-order valence-electron chi connectivity index (χ0n) is 15.2. The van der Waals surface area contributed by atoms with E-state index in [9.17, 15) is 9.59 Å². The fourth-order valence-corrected chi connectivity index (χ4v) is 3.77. The van der Waals surface area contributed by atoms with Gasteiger partial charge in [-0.15, -0.1) is 10.2 Å². The summed E-state index contributed by atoms with van der Waals surface area (Å²) >= 11 is 1.49. The van der Waals surface area contributed by atoms with Gasteiger partial charge in [0.05, 0.1) is 18.7 Å². The number of benzene rings is 1. The van der Waals surface area contributed by atoms with E-state index in [1.54, 1.807) is 23.6 Å². The highest BCUT2D eigenvalue weighted by Gasteiger charge is 2.34. The first kappa shape index (κ1) is 18.3. The Hall–Kier alpha value is -3.07. The molecule has 1 aliphatic rings. The predicted octanol–water partition coefficient (Wildman–Crippen LogP) is 2.55. The van der Waals surface area contributed by atoms with Crippen molar-refractivity contribution in [3.8, 4) is 0 Å². The summed E-state index contributed by atoms with van der Waals surface area (Å²) < 4.78 is 7.12. The van der Waals surface area contributed by atoms with Crippen molar-refractivity contribution < 1.29 is 14.0 Å². The number of hydrogen-bond acceptors (Lipinski definition) is 6. The van der Waals surface area contributed by atoms with Gasteiger partial charge < -0.3 is 19.2 Å². The first-order valence-corrected chi connectivity index (χ1v) is 9.63. The molecule has 4 rings (SSSR count). The molecule has 9 heteroatoms. The molecule has 1 atom stereocenters. The fourth-order valence-electron chi connectivity index (χ4n) is 3.01. The van der Waals surface area contributed by atoms with Crippen LogP contribution in [0.5, 0.6) is 0 Å². The number of amides is 2. The van der Waals surface area contributed by atoms with Gasteiger partial charge >= 0.3 is 0 Å². The lowest BCUT2D eigenvalue weighted by molar-refractivity contribution is -0.128. The summed E-state index contributed by atoms with van der Waals surface area (Å²) in [6, 6.07) is 11.1. The second-order valence-corrected chi connectivity index (χ2v) is 7.64. The van der Waals surface area contributed by atoms with Crippen molar-refractivity contribution in [1.29, 1.82) is 0 Å². The highest BCUT2D eigenvalue weighted by atomic mass is 32.2. The van der Waals surface area contributed by atoms with Gasteiger partial charge in [-0.25, -0.2) is 0 Å². The van der Waals surface area contributed by atoms with E-state index in [-0.39, 0.29) is 24.2 Å². The number of anilines is 1. The van der Waals surface area contributed by atoms with Crippen LogP contribution < -0.4 is 5.32 Å². The summed E-state index contributed by atoms with van der Waals surface area (Å²) in [6.07, 6.45) is 3.44. The molecule has 2 amide bonds. The maximum Gasteiger partial charge on any atom is 0.229 e. The summed E-state index contributed by atoms with van der Waals surface area (Å²) in [6.45, 7) is 0.787. The van der Waals surface area contributed by atoms with Crippen molar-refractivity contribution in [2.75, 3.05) is 11.9 Å². The minimum Gasteiger partial charge on any atom is -0.467 e. The first-order chi connectivity index (χ1) is 13.6. The van der Waals surface area contributed by atoms with Crippen LogP contribution >= 0.6 is 11.8 Å². The van der Waals surface area contributed by atoms with Gasteiger partial charge in [0.2, 0.25) is 11.8 Å². The average Bonchev–Trinajstić information content (AvgIpc) is 3.41. The van der Waals surface area contributed by atoms with Crippen LogP contribution in [0.1, 0.15) is 12.2 Å². The molecule has 0 radical (unpaired) electrons. The summed E-state index contributed by atoms with van der Waals surface area (Å²) in [5.74, 6) is 0.163. The van der Waals surface area contributed by atoms with Gasteiger partial charge in [0, 0.05) is 30.6 Å².